The highest BCUT2D eigenvalue weighted by Crippen LogP contribution is 2.29. The van der Waals surface area contributed by atoms with Crippen molar-refractivity contribution in [2.75, 3.05) is 6.54 Å². The third-order valence-electron chi connectivity index (χ3n) is 3.60. The first-order valence-corrected chi connectivity index (χ1v) is 8.05. The van der Waals surface area contributed by atoms with Gasteiger partial charge < -0.3 is 5.32 Å². The average molecular weight is 373 g/mol. The van der Waals surface area contributed by atoms with Crippen LogP contribution >= 0.6 is 15.9 Å². The van der Waals surface area contributed by atoms with Gasteiger partial charge in [0.15, 0.2) is 5.84 Å². The fraction of sp³-hybridized carbons (Fsp3) is 0.176. The van der Waals surface area contributed by atoms with Crippen LogP contribution in [0, 0.1) is 6.92 Å². The van der Waals surface area contributed by atoms with E-state index < -0.39 is 0 Å². The largest absolute Gasteiger partial charge is 0.350 e. The maximum absolute atomic E-state index is 12.1. The second kappa shape index (κ2) is 6.42. The normalized spacial score (nSPS) is 16.2. The Bertz CT molecular complexity index is 733. The van der Waals surface area contributed by atoms with Gasteiger partial charge in [0.2, 0.25) is 5.91 Å². The number of nitrogens with zero attached hydrogens (tertiary/aromatic N) is 3. The van der Waals surface area contributed by atoms with Gasteiger partial charge in [-0.05, 0) is 40.6 Å². The number of rotatable bonds is 4. The number of aryl methyl sites for hydroxylation is 1. The maximum atomic E-state index is 12.1. The number of nitrogens with one attached hydrogen (secondary N) is 1. The van der Waals surface area contributed by atoms with Crippen LogP contribution in [0.4, 0.5) is 0 Å². The molecule has 0 aliphatic carbocycles. The number of allylic oxidation sites excluding steroid dienone is 2. The van der Waals surface area contributed by atoms with Gasteiger partial charge in [0.05, 0.1) is 4.61 Å². The molecule has 3 rings (SSSR count). The van der Waals surface area contributed by atoms with Gasteiger partial charge in [-0.2, -0.15) is 5.10 Å². The van der Waals surface area contributed by atoms with Gasteiger partial charge in [0, 0.05) is 6.54 Å². The molecule has 23 heavy (non-hydrogen) atoms. The van der Waals surface area contributed by atoms with Crippen molar-refractivity contribution in [1.82, 2.24) is 15.2 Å². The first kappa shape index (κ1) is 15.6. The van der Waals surface area contributed by atoms with Crippen molar-refractivity contribution in [3.63, 3.8) is 0 Å². The summed E-state index contributed by atoms with van der Waals surface area (Å²) in [5.74, 6) is 1.30. The Morgan fingerprint density at radius 1 is 1.35 bits per heavy atom. The van der Waals surface area contributed by atoms with E-state index in [0.717, 1.165) is 16.0 Å². The van der Waals surface area contributed by atoms with E-state index in [9.17, 15) is 4.79 Å². The highest BCUT2D eigenvalue weighted by atomic mass is 79.9. The minimum atomic E-state index is -0.0972. The third kappa shape index (κ3) is 3.37. The molecule has 5 nitrogen and oxygen atoms in total. The fourth-order valence-corrected chi connectivity index (χ4v) is 2.87. The Morgan fingerprint density at radius 2 is 2.09 bits per heavy atom. The Morgan fingerprint density at radius 3 is 2.78 bits per heavy atom. The van der Waals surface area contributed by atoms with Crippen LogP contribution in [0.25, 0.3) is 0 Å². The first-order chi connectivity index (χ1) is 11.0. The Labute approximate surface area is 143 Å². The van der Waals surface area contributed by atoms with E-state index in [1.54, 1.807) is 5.01 Å². The van der Waals surface area contributed by atoms with Crippen LogP contribution in [0.3, 0.4) is 0 Å². The lowest BCUT2D eigenvalue weighted by molar-refractivity contribution is -0.122. The lowest BCUT2D eigenvalue weighted by Gasteiger charge is -2.23. The van der Waals surface area contributed by atoms with Crippen LogP contribution < -0.4 is 5.32 Å². The summed E-state index contributed by atoms with van der Waals surface area (Å²) in [4.78, 5) is 14.0. The molecule has 2 aliphatic heterocycles. The Kier molecular flexibility index (Phi) is 4.34. The number of hydrazone groups is 1. The van der Waals surface area contributed by atoms with Crippen molar-refractivity contribution >= 4 is 27.7 Å². The molecule has 2 heterocycles. The summed E-state index contributed by atoms with van der Waals surface area (Å²) < 4.78 is 0.853. The van der Waals surface area contributed by atoms with Crippen molar-refractivity contribution in [3.05, 3.63) is 70.6 Å². The number of carbonyl (C=O) groups excluding carboxylic acids is 1. The number of fused-ring (bicyclic) bond motifs is 1. The molecule has 0 radical (unpaired) electrons. The molecule has 0 saturated heterocycles. The molecule has 0 atom stereocenters. The molecule has 0 aromatic heterocycles. The number of hydrogen-bond acceptors (Lipinski definition) is 4. The summed E-state index contributed by atoms with van der Waals surface area (Å²) in [5.41, 5.74) is 2.27. The van der Waals surface area contributed by atoms with Crippen molar-refractivity contribution in [3.8, 4) is 0 Å². The summed E-state index contributed by atoms with van der Waals surface area (Å²) in [6.45, 7) is 6.68. The summed E-state index contributed by atoms with van der Waals surface area (Å²) in [5, 5.41) is 8.91. The van der Waals surface area contributed by atoms with Crippen LogP contribution in [-0.4, -0.2) is 28.2 Å². The number of amides is 1. The number of carbonyl (C=O) groups is 1. The van der Waals surface area contributed by atoms with Gasteiger partial charge in [-0.15, -0.1) is 0 Å². The smallest absolute Gasteiger partial charge is 0.242 e. The summed E-state index contributed by atoms with van der Waals surface area (Å²) in [6.07, 6.45) is 5.68. The number of amidine groups is 1. The molecule has 6 heteroatoms. The lowest BCUT2D eigenvalue weighted by Crippen LogP contribution is -2.34. The lowest BCUT2D eigenvalue weighted by atomic mass is 10.1. The zero-order valence-corrected chi connectivity index (χ0v) is 14.4. The number of benzene rings is 1. The first-order valence-electron chi connectivity index (χ1n) is 7.26. The van der Waals surface area contributed by atoms with E-state index in [0.29, 0.717) is 12.4 Å². The van der Waals surface area contributed by atoms with E-state index in [4.69, 9.17) is 0 Å². The summed E-state index contributed by atoms with van der Waals surface area (Å²) in [7, 11) is 0. The van der Waals surface area contributed by atoms with Gasteiger partial charge >= 0.3 is 0 Å². The average Bonchev–Trinajstić information content (AvgIpc) is 2.84. The molecular weight excluding hydrogens is 356 g/mol. The summed E-state index contributed by atoms with van der Waals surface area (Å²) >= 11 is 3.46. The molecule has 2 aliphatic rings. The predicted octanol–water partition coefficient (Wildman–Crippen LogP) is 2.82. The van der Waals surface area contributed by atoms with Crippen molar-refractivity contribution in [2.24, 2.45) is 5.10 Å². The molecule has 0 spiro atoms. The minimum absolute atomic E-state index is 0.0972. The van der Waals surface area contributed by atoms with Crippen LogP contribution in [-0.2, 0) is 11.3 Å². The van der Waals surface area contributed by atoms with E-state index in [-0.39, 0.29) is 12.5 Å². The molecule has 0 saturated carbocycles. The maximum Gasteiger partial charge on any atom is 0.242 e. The van der Waals surface area contributed by atoms with Gasteiger partial charge in [-0.3, -0.25) is 9.69 Å². The molecule has 1 aromatic carbocycles. The molecule has 118 valence electrons. The van der Waals surface area contributed by atoms with Gasteiger partial charge in [-0.1, -0.05) is 42.5 Å². The van der Waals surface area contributed by atoms with Gasteiger partial charge in [0.25, 0.3) is 0 Å². The monoisotopic (exact) mass is 372 g/mol. The fourth-order valence-electron chi connectivity index (χ4n) is 2.33. The van der Waals surface area contributed by atoms with Crippen molar-refractivity contribution in [2.45, 2.75) is 13.5 Å². The highest BCUT2D eigenvalue weighted by Gasteiger charge is 2.30. The van der Waals surface area contributed by atoms with Crippen LogP contribution in [0.15, 0.2) is 64.6 Å². The Balaban J connectivity index is 1.57. The Hall–Kier alpha value is -2.34. The van der Waals surface area contributed by atoms with E-state index in [1.165, 1.54) is 5.56 Å². The molecule has 0 unspecified atom stereocenters. The van der Waals surface area contributed by atoms with E-state index in [1.807, 2.05) is 54.3 Å². The third-order valence-corrected chi connectivity index (χ3v) is 4.22. The molecule has 1 aromatic rings. The molecule has 0 fully saturated rings. The second-order valence-corrected chi connectivity index (χ2v) is 6.19. The van der Waals surface area contributed by atoms with Gasteiger partial charge in [-0.25, -0.2) is 5.01 Å². The quantitative estimate of drug-likeness (QED) is 0.826. The molecule has 1 amide bonds. The SMILES string of the molecule is C=C1N(CC(=O)NCc2ccc(C)cc2)N=C2C=CC=C(Br)N12. The predicted molar refractivity (Wildman–Crippen MR) is 94.3 cm³/mol. The van der Waals surface area contributed by atoms with E-state index in [2.05, 4.69) is 32.9 Å². The van der Waals surface area contributed by atoms with Gasteiger partial charge in [0.1, 0.15) is 12.4 Å². The number of hydrogen-bond donors (Lipinski definition) is 1. The topological polar surface area (TPSA) is 47.9 Å². The minimum Gasteiger partial charge on any atom is -0.350 e. The molecule has 1 N–H and O–H groups in total. The van der Waals surface area contributed by atoms with Crippen molar-refractivity contribution in [1.29, 1.82) is 0 Å². The zero-order chi connectivity index (χ0) is 16.4. The molecule has 0 bridgehead atoms. The van der Waals surface area contributed by atoms with E-state index >= 15 is 0 Å². The van der Waals surface area contributed by atoms with Crippen LogP contribution in [0.1, 0.15) is 11.1 Å². The highest BCUT2D eigenvalue weighted by molar-refractivity contribution is 9.11. The zero-order valence-electron chi connectivity index (χ0n) is 12.8. The van der Waals surface area contributed by atoms with Crippen LogP contribution in [0.2, 0.25) is 0 Å². The van der Waals surface area contributed by atoms with Crippen LogP contribution in [0.5, 0.6) is 0 Å². The standard InChI is InChI=1S/C17H17BrN4O/c1-12-6-8-14(9-7-12)10-19-17(23)11-21-13(2)22-15(18)4-3-5-16(22)20-21/h3-9H,2,10-11H2,1H3,(H,19,23). The second-order valence-electron chi connectivity index (χ2n) is 5.38. The number of halogens is 1. The summed E-state index contributed by atoms with van der Waals surface area (Å²) in [6, 6.07) is 8.09. The molecular formula is C17H17BrN4O. The van der Waals surface area contributed by atoms with Crippen molar-refractivity contribution < 1.29 is 4.79 Å².